The lowest BCUT2D eigenvalue weighted by Gasteiger charge is -2.47. The maximum Gasteiger partial charge on any atom is -0.0159 e. The molecule has 0 amide bonds. The van der Waals surface area contributed by atoms with Crippen LogP contribution in [0.4, 0.5) is 0 Å². The highest BCUT2D eigenvalue weighted by molar-refractivity contribution is 5.34. The van der Waals surface area contributed by atoms with E-state index < -0.39 is 0 Å². The number of hydrogen-bond donors (Lipinski definition) is 0. The lowest BCUT2D eigenvalue weighted by molar-refractivity contribution is 0.0409. The van der Waals surface area contributed by atoms with E-state index in [1.807, 2.05) is 0 Å². The van der Waals surface area contributed by atoms with E-state index in [4.69, 9.17) is 0 Å². The van der Waals surface area contributed by atoms with E-state index in [-0.39, 0.29) is 0 Å². The molecule has 0 saturated heterocycles. The van der Waals surface area contributed by atoms with Gasteiger partial charge in [0.1, 0.15) is 0 Å². The fourth-order valence-electron chi connectivity index (χ4n) is 7.31. The van der Waals surface area contributed by atoms with Gasteiger partial charge in [0.25, 0.3) is 0 Å². The van der Waals surface area contributed by atoms with Crippen LogP contribution in [0.15, 0.2) is 18.2 Å². The maximum atomic E-state index is 2.53. The van der Waals surface area contributed by atoms with E-state index in [0.717, 1.165) is 23.2 Å². The minimum absolute atomic E-state index is 0.720. The first-order valence-corrected chi connectivity index (χ1v) is 14.2. The Labute approximate surface area is 195 Å². The fourth-order valence-corrected chi connectivity index (χ4v) is 7.31. The molecule has 0 heterocycles. The monoisotopic (exact) mass is 424 g/mol. The SMILES string of the molecule is CCCCCc1ccc(C(C)C2CCC(C3(CCCCC)CCCCC3)CC2)c(C)c1. The van der Waals surface area contributed by atoms with Crippen molar-refractivity contribution < 1.29 is 0 Å². The Hall–Kier alpha value is -0.780. The number of hydrogen-bond acceptors (Lipinski definition) is 0. The molecule has 0 radical (unpaired) electrons. The molecule has 0 nitrogen and oxygen atoms in total. The number of aryl methyl sites for hydroxylation is 2. The molecule has 176 valence electrons. The van der Waals surface area contributed by atoms with Gasteiger partial charge in [0.15, 0.2) is 0 Å². The summed E-state index contributed by atoms with van der Waals surface area (Å²) in [6.07, 6.45) is 24.7. The van der Waals surface area contributed by atoms with Crippen LogP contribution in [-0.4, -0.2) is 0 Å². The molecule has 3 rings (SSSR count). The molecule has 31 heavy (non-hydrogen) atoms. The lowest BCUT2D eigenvalue weighted by Crippen LogP contribution is -2.36. The minimum Gasteiger partial charge on any atom is -0.0654 e. The Morgan fingerprint density at radius 2 is 1.55 bits per heavy atom. The van der Waals surface area contributed by atoms with Crippen LogP contribution in [0, 0.1) is 24.2 Å². The van der Waals surface area contributed by atoms with Gasteiger partial charge in [-0.05, 0) is 105 Å². The summed E-state index contributed by atoms with van der Waals surface area (Å²) < 4.78 is 0. The second-order valence-electron chi connectivity index (χ2n) is 11.4. The van der Waals surface area contributed by atoms with Crippen LogP contribution in [0.1, 0.15) is 146 Å². The van der Waals surface area contributed by atoms with E-state index in [1.165, 1.54) is 96.3 Å². The first kappa shape index (κ1) is 24.9. The van der Waals surface area contributed by atoms with Crippen molar-refractivity contribution >= 4 is 0 Å². The van der Waals surface area contributed by atoms with Crippen molar-refractivity contribution in [2.45, 2.75) is 143 Å². The quantitative estimate of drug-likeness (QED) is 0.310. The Morgan fingerprint density at radius 3 is 2.19 bits per heavy atom. The number of rotatable bonds is 11. The molecule has 2 saturated carbocycles. The van der Waals surface area contributed by atoms with Crippen molar-refractivity contribution in [2.24, 2.45) is 17.3 Å². The highest BCUT2D eigenvalue weighted by Gasteiger charge is 2.41. The van der Waals surface area contributed by atoms with Crippen LogP contribution < -0.4 is 0 Å². The Morgan fingerprint density at radius 1 is 0.871 bits per heavy atom. The number of benzene rings is 1. The molecule has 0 N–H and O–H groups in total. The molecule has 0 heteroatoms. The molecule has 2 aliphatic rings. The molecular formula is C31H52. The van der Waals surface area contributed by atoms with Crippen LogP contribution in [-0.2, 0) is 6.42 Å². The summed E-state index contributed by atoms with van der Waals surface area (Å²) in [5.74, 6) is 2.65. The zero-order chi connectivity index (χ0) is 22.1. The summed E-state index contributed by atoms with van der Waals surface area (Å²) in [7, 11) is 0. The summed E-state index contributed by atoms with van der Waals surface area (Å²) in [6.45, 7) is 9.55. The molecule has 1 atom stereocenters. The summed E-state index contributed by atoms with van der Waals surface area (Å²) in [5, 5.41) is 0. The Kier molecular flexibility index (Phi) is 9.99. The number of unbranched alkanes of at least 4 members (excludes halogenated alkanes) is 4. The van der Waals surface area contributed by atoms with Gasteiger partial charge in [0.2, 0.25) is 0 Å². The molecule has 0 spiro atoms. The summed E-state index contributed by atoms with van der Waals surface area (Å²) in [6, 6.07) is 7.42. The predicted octanol–water partition coefficient (Wildman–Crippen LogP) is 10.2. The van der Waals surface area contributed by atoms with E-state index in [1.54, 1.807) is 29.5 Å². The molecule has 1 aromatic rings. The smallest absolute Gasteiger partial charge is 0.0159 e. The molecule has 0 aromatic heterocycles. The third-order valence-electron chi connectivity index (χ3n) is 9.37. The van der Waals surface area contributed by atoms with Crippen molar-refractivity contribution in [3.63, 3.8) is 0 Å². The summed E-state index contributed by atoms with van der Waals surface area (Å²) in [5.41, 5.74) is 5.46. The molecule has 1 aromatic carbocycles. The van der Waals surface area contributed by atoms with Crippen LogP contribution in [0.3, 0.4) is 0 Å². The molecule has 2 aliphatic carbocycles. The molecule has 2 fully saturated rings. The third-order valence-corrected chi connectivity index (χ3v) is 9.37. The van der Waals surface area contributed by atoms with Gasteiger partial charge in [0.05, 0.1) is 0 Å². The first-order valence-electron chi connectivity index (χ1n) is 14.2. The molecule has 1 unspecified atom stereocenters. The average molecular weight is 425 g/mol. The zero-order valence-electron chi connectivity index (χ0n) is 21.5. The van der Waals surface area contributed by atoms with Crippen molar-refractivity contribution in [3.05, 3.63) is 34.9 Å². The minimum atomic E-state index is 0.720. The van der Waals surface area contributed by atoms with E-state index in [0.29, 0.717) is 0 Å². The van der Waals surface area contributed by atoms with Gasteiger partial charge >= 0.3 is 0 Å². The standard InChI is InChI=1S/C31H52/c1-5-7-10-14-27-15-20-30(25(3)24-27)26(4)28-16-18-29(19-17-28)31(21-11-8-6-2)22-12-9-13-23-31/h15,20,24,26,28-29H,5-14,16-19,21-23H2,1-4H3. The third kappa shape index (κ3) is 6.61. The van der Waals surface area contributed by atoms with Gasteiger partial charge in [0, 0.05) is 0 Å². The Bertz CT molecular complexity index is 627. The fraction of sp³-hybridized carbons (Fsp3) is 0.806. The summed E-state index contributed by atoms with van der Waals surface area (Å²) >= 11 is 0. The lowest BCUT2D eigenvalue weighted by atomic mass is 9.58. The van der Waals surface area contributed by atoms with Gasteiger partial charge in [-0.2, -0.15) is 0 Å². The van der Waals surface area contributed by atoms with Gasteiger partial charge in [-0.15, -0.1) is 0 Å². The van der Waals surface area contributed by atoms with Crippen molar-refractivity contribution in [1.29, 1.82) is 0 Å². The van der Waals surface area contributed by atoms with Crippen molar-refractivity contribution in [1.82, 2.24) is 0 Å². The van der Waals surface area contributed by atoms with Gasteiger partial charge in [-0.25, -0.2) is 0 Å². The van der Waals surface area contributed by atoms with E-state index in [9.17, 15) is 0 Å². The second-order valence-corrected chi connectivity index (χ2v) is 11.4. The summed E-state index contributed by atoms with van der Waals surface area (Å²) in [4.78, 5) is 0. The van der Waals surface area contributed by atoms with E-state index >= 15 is 0 Å². The highest BCUT2D eigenvalue weighted by atomic mass is 14.5. The predicted molar refractivity (Wildman–Crippen MR) is 138 cm³/mol. The van der Waals surface area contributed by atoms with Gasteiger partial charge in [-0.1, -0.05) is 90.3 Å². The first-order chi connectivity index (χ1) is 15.1. The van der Waals surface area contributed by atoms with Crippen LogP contribution in [0.25, 0.3) is 0 Å². The normalized spacial score (nSPS) is 24.8. The largest absolute Gasteiger partial charge is 0.0654 e. The van der Waals surface area contributed by atoms with E-state index in [2.05, 4.69) is 45.9 Å². The maximum absolute atomic E-state index is 2.53. The topological polar surface area (TPSA) is 0 Å². The van der Waals surface area contributed by atoms with Crippen molar-refractivity contribution in [3.8, 4) is 0 Å². The average Bonchev–Trinajstić information content (AvgIpc) is 2.80. The van der Waals surface area contributed by atoms with Gasteiger partial charge < -0.3 is 0 Å². The highest BCUT2D eigenvalue weighted by Crippen LogP contribution is 2.53. The zero-order valence-corrected chi connectivity index (χ0v) is 21.5. The molecule has 0 aliphatic heterocycles. The molecule has 0 bridgehead atoms. The Balaban J connectivity index is 1.58. The molecular weight excluding hydrogens is 372 g/mol. The van der Waals surface area contributed by atoms with Gasteiger partial charge in [-0.3, -0.25) is 0 Å². The van der Waals surface area contributed by atoms with Crippen LogP contribution >= 0.6 is 0 Å². The van der Waals surface area contributed by atoms with Crippen molar-refractivity contribution in [2.75, 3.05) is 0 Å². The second kappa shape index (κ2) is 12.5. The van der Waals surface area contributed by atoms with Crippen LogP contribution in [0.2, 0.25) is 0 Å². The van der Waals surface area contributed by atoms with Crippen LogP contribution in [0.5, 0.6) is 0 Å².